The number of amides is 1. The third-order valence-corrected chi connectivity index (χ3v) is 3.72. The highest BCUT2D eigenvalue weighted by atomic mass is 32.2. The van der Waals surface area contributed by atoms with Gasteiger partial charge in [0.05, 0.1) is 10.6 Å². The topological polar surface area (TPSA) is 63.2 Å². The number of halogens is 2. The predicted molar refractivity (Wildman–Crippen MR) is 62.2 cm³/mol. The van der Waals surface area contributed by atoms with Gasteiger partial charge in [0, 0.05) is 5.56 Å². The van der Waals surface area contributed by atoms with E-state index in [0.29, 0.717) is 0 Å². The highest BCUT2D eigenvalue weighted by Gasteiger charge is 2.14. The Morgan fingerprint density at radius 2 is 1.89 bits per heavy atom. The van der Waals surface area contributed by atoms with Crippen LogP contribution < -0.4 is 5.32 Å². The Labute approximate surface area is 103 Å². The molecule has 0 atom stereocenters. The van der Waals surface area contributed by atoms with Crippen LogP contribution in [-0.4, -0.2) is 26.6 Å². The molecular formula is C11H11F2NO3S. The van der Waals surface area contributed by atoms with Crippen LogP contribution in [0.2, 0.25) is 0 Å². The SMILES string of the molecule is C=CCS(=O)(=O)c1ccc(C(=O)NC(F)F)cc1. The number of benzene rings is 1. The fraction of sp³-hybridized carbons (Fsp3) is 0.182. The molecule has 0 fully saturated rings. The Hall–Kier alpha value is -1.76. The first-order chi connectivity index (χ1) is 8.36. The molecule has 0 spiro atoms. The van der Waals surface area contributed by atoms with Gasteiger partial charge in [0.15, 0.2) is 9.84 Å². The summed E-state index contributed by atoms with van der Waals surface area (Å²) in [6.07, 6.45) is 1.24. The summed E-state index contributed by atoms with van der Waals surface area (Å²) in [7, 11) is -3.47. The predicted octanol–water partition coefficient (Wildman–Crippen LogP) is 1.60. The van der Waals surface area contributed by atoms with Crippen molar-refractivity contribution in [3.63, 3.8) is 0 Å². The number of sulfone groups is 1. The summed E-state index contributed by atoms with van der Waals surface area (Å²) in [5, 5.41) is 1.40. The van der Waals surface area contributed by atoms with Gasteiger partial charge < -0.3 is 0 Å². The maximum absolute atomic E-state index is 11.9. The molecule has 0 bridgehead atoms. The first-order valence-corrected chi connectivity index (χ1v) is 6.55. The lowest BCUT2D eigenvalue weighted by atomic mass is 10.2. The Balaban J connectivity index is 2.93. The molecular weight excluding hydrogens is 264 g/mol. The number of alkyl halides is 2. The van der Waals surface area contributed by atoms with E-state index in [0.717, 1.165) is 0 Å². The smallest absolute Gasteiger partial charge is 0.296 e. The number of nitrogens with one attached hydrogen (secondary N) is 1. The molecule has 0 aliphatic rings. The van der Waals surface area contributed by atoms with Gasteiger partial charge in [-0.05, 0) is 24.3 Å². The summed E-state index contributed by atoms with van der Waals surface area (Å²) in [5.41, 5.74) is -0.0344. The van der Waals surface area contributed by atoms with Crippen LogP contribution in [0.25, 0.3) is 0 Å². The van der Waals surface area contributed by atoms with E-state index in [-0.39, 0.29) is 16.2 Å². The molecule has 1 aromatic carbocycles. The van der Waals surface area contributed by atoms with Gasteiger partial charge in [0.2, 0.25) is 0 Å². The van der Waals surface area contributed by atoms with Crippen molar-refractivity contribution in [2.75, 3.05) is 5.75 Å². The van der Waals surface area contributed by atoms with Crippen LogP contribution in [-0.2, 0) is 9.84 Å². The van der Waals surface area contributed by atoms with Crippen molar-refractivity contribution in [1.29, 1.82) is 0 Å². The van der Waals surface area contributed by atoms with Gasteiger partial charge in [-0.2, -0.15) is 8.78 Å². The second-order valence-corrected chi connectivity index (χ2v) is 5.40. The molecule has 1 amide bonds. The van der Waals surface area contributed by atoms with Gasteiger partial charge in [-0.25, -0.2) is 8.42 Å². The first-order valence-electron chi connectivity index (χ1n) is 4.89. The number of hydrogen-bond acceptors (Lipinski definition) is 3. The Morgan fingerprint density at radius 1 is 1.33 bits per heavy atom. The Morgan fingerprint density at radius 3 is 2.33 bits per heavy atom. The van der Waals surface area contributed by atoms with E-state index in [4.69, 9.17) is 0 Å². The molecule has 0 aromatic heterocycles. The third-order valence-electron chi connectivity index (χ3n) is 2.05. The molecule has 0 aliphatic heterocycles. The van der Waals surface area contributed by atoms with Crippen LogP contribution in [0.15, 0.2) is 41.8 Å². The summed E-state index contributed by atoms with van der Waals surface area (Å²) in [6.45, 7) is 0.366. The molecule has 1 N–H and O–H groups in total. The summed E-state index contributed by atoms with van der Waals surface area (Å²) in [5.74, 6) is -1.19. The zero-order valence-corrected chi connectivity index (χ0v) is 10.1. The van der Waals surface area contributed by atoms with Gasteiger partial charge in [0.25, 0.3) is 5.91 Å². The zero-order chi connectivity index (χ0) is 13.8. The average Bonchev–Trinajstić information content (AvgIpc) is 2.28. The molecule has 1 aromatic rings. The maximum atomic E-state index is 11.9. The Kier molecular flexibility index (Phi) is 4.55. The van der Waals surface area contributed by atoms with Crippen LogP contribution in [0.3, 0.4) is 0 Å². The molecule has 0 aliphatic carbocycles. The van der Waals surface area contributed by atoms with Crippen LogP contribution in [0.1, 0.15) is 10.4 Å². The number of carbonyl (C=O) groups excluding carboxylic acids is 1. The van der Waals surface area contributed by atoms with Crippen molar-refractivity contribution >= 4 is 15.7 Å². The highest BCUT2D eigenvalue weighted by molar-refractivity contribution is 7.91. The lowest BCUT2D eigenvalue weighted by Crippen LogP contribution is -2.28. The molecule has 1 rings (SSSR count). The van der Waals surface area contributed by atoms with Gasteiger partial charge in [-0.3, -0.25) is 10.1 Å². The molecule has 0 saturated heterocycles. The van der Waals surface area contributed by atoms with E-state index in [1.165, 1.54) is 35.7 Å². The standard InChI is InChI=1S/C11H11F2NO3S/c1-2-7-18(16,17)9-5-3-8(4-6-9)10(15)14-11(12)13/h2-6,11H,1,7H2,(H,14,15). The minimum Gasteiger partial charge on any atom is -0.296 e. The van der Waals surface area contributed by atoms with Crippen LogP contribution in [0.5, 0.6) is 0 Å². The molecule has 0 unspecified atom stereocenters. The second-order valence-electron chi connectivity index (χ2n) is 3.37. The highest BCUT2D eigenvalue weighted by Crippen LogP contribution is 2.12. The van der Waals surface area contributed by atoms with E-state index >= 15 is 0 Å². The fourth-order valence-corrected chi connectivity index (χ4v) is 2.30. The minimum absolute atomic E-state index is 0.0102. The quantitative estimate of drug-likeness (QED) is 0.655. The normalized spacial score (nSPS) is 11.3. The molecule has 4 nitrogen and oxygen atoms in total. The average molecular weight is 275 g/mol. The monoisotopic (exact) mass is 275 g/mol. The molecule has 7 heteroatoms. The second kappa shape index (κ2) is 5.72. The molecule has 0 heterocycles. The van der Waals surface area contributed by atoms with Gasteiger partial charge >= 0.3 is 6.55 Å². The van der Waals surface area contributed by atoms with Crippen LogP contribution in [0.4, 0.5) is 8.78 Å². The molecule has 0 saturated carbocycles. The number of hydrogen-bond donors (Lipinski definition) is 1. The lowest BCUT2D eigenvalue weighted by molar-refractivity contribution is 0.0699. The molecule has 98 valence electrons. The maximum Gasteiger partial charge on any atom is 0.315 e. The molecule has 18 heavy (non-hydrogen) atoms. The lowest BCUT2D eigenvalue weighted by Gasteiger charge is -2.05. The number of carbonyl (C=O) groups is 1. The van der Waals surface area contributed by atoms with Gasteiger partial charge in [-0.1, -0.05) is 6.08 Å². The Bertz CT molecular complexity index is 538. The summed E-state index contributed by atoms with van der Waals surface area (Å²) in [4.78, 5) is 11.2. The van der Waals surface area contributed by atoms with Crippen LogP contribution >= 0.6 is 0 Å². The zero-order valence-electron chi connectivity index (χ0n) is 9.27. The van der Waals surface area contributed by atoms with Crippen molar-refractivity contribution < 1.29 is 22.0 Å². The van der Waals surface area contributed by atoms with Crippen LogP contribution in [0, 0.1) is 0 Å². The minimum atomic E-state index is -3.47. The largest absolute Gasteiger partial charge is 0.315 e. The van der Waals surface area contributed by atoms with Crippen molar-refractivity contribution in [3.8, 4) is 0 Å². The van der Waals surface area contributed by atoms with Gasteiger partial charge in [0.1, 0.15) is 0 Å². The molecule has 0 radical (unpaired) electrons. The third kappa shape index (κ3) is 3.63. The summed E-state index contributed by atoms with van der Waals surface area (Å²) >= 11 is 0. The van der Waals surface area contributed by atoms with E-state index < -0.39 is 22.3 Å². The van der Waals surface area contributed by atoms with Gasteiger partial charge in [-0.15, -0.1) is 6.58 Å². The first kappa shape index (κ1) is 14.3. The summed E-state index contributed by atoms with van der Waals surface area (Å²) in [6, 6.07) is 4.74. The van der Waals surface area contributed by atoms with E-state index in [9.17, 15) is 22.0 Å². The van der Waals surface area contributed by atoms with E-state index in [1.807, 2.05) is 0 Å². The van der Waals surface area contributed by atoms with E-state index in [2.05, 4.69) is 6.58 Å². The number of rotatable bonds is 5. The van der Waals surface area contributed by atoms with Crippen molar-refractivity contribution in [3.05, 3.63) is 42.5 Å². The van der Waals surface area contributed by atoms with Crippen molar-refractivity contribution in [1.82, 2.24) is 5.32 Å². The van der Waals surface area contributed by atoms with Crippen molar-refractivity contribution in [2.45, 2.75) is 11.4 Å². The van der Waals surface area contributed by atoms with Crippen molar-refractivity contribution in [2.24, 2.45) is 0 Å². The van der Waals surface area contributed by atoms with E-state index in [1.54, 1.807) is 0 Å². The summed E-state index contributed by atoms with van der Waals surface area (Å²) < 4.78 is 47.0. The fourth-order valence-electron chi connectivity index (χ4n) is 1.25.